The Morgan fingerprint density at radius 2 is 1.54 bits per heavy atom. The molecule has 0 fully saturated rings. The number of carbonyl (C=O) groups excluding carboxylic acids is 2. The van der Waals surface area contributed by atoms with Crippen LogP contribution in [0.15, 0.2) is 71.5 Å². The molecular weight excluding hydrogens is 468 g/mol. The zero-order chi connectivity index (χ0) is 25.3. The first-order valence-electron chi connectivity index (χ1n) is 10.1. The molecule has 0 aliphatic carbocycles. The molecule has 0 aliphatic heterocycles. The number of aryl methyl sites for hydroxylation is 1. The summed E-state index contributed by atoms with van der Waals surface area (Å²) in [6.07, 6.45) is -4.88. The summed E-state index contributed by atoms with van der Waals surface area (Å²) in [4.78, 5) is 37.4. The number of benzene rings is 3. The average Bonchev–Trinajstić information content (AvgIpc) is 2.82. The Bertz CT molecular complexity index is 1510. The smallest absolute Gasteiger partial charge is 0.322 e. The van der Waals surface area contributed by atoms with Crippen molar-refractivity contribution < 1.29 is 27.2 Å². The van der Waals surface area contributed by atoms with Gasteiger partial charge in [0.25, 0.3) is 17.4 Å². The molecule has 4 rings (SSSR count). The fourth-order valence-electron chi connectivity index (χ4n) is 3.42. The van der Waals surface area contributed by atoms with Crippen LogP contribution in [0.4, 0.5) is 28.9 Å². The van der Waals surface area contributed by atoms with Gasteiger partial charge in [-0.1, -0.05) is 18.2 Å². The maximum Gasteiger partial charge on any atom is 0.418 e. The van der Waals surface area contributed by atoms with Gasteiger partial charge in [0.05, 0.1) is 16.6 Å². The Morgan fingerprint density at radius 3 is 2.20 bits per heavy atom. The average molecular weight is 484 g/mol. The number of halogens is 4. The van der Waals surface area contributed by atoms with Gasteiger partial charge in [-0.15, -0.1) is 0 Å². The van der Waals surface area contributed by atoms with Crippen LogP contribution in [0.1, 0.15) is 26.4 Å². The number of amides is 2. The number of hydrogen-bond acceptors (Lipinski definition) is 4. The van der Waals surface area contributed by atoms with Crippen LogP contribution in [-0.4, -0.2) is 21.6 Å². The normalized spacial score (nSPS) is 11.3. The molecule has 3 aromatic carbocycles. The zero-order valence-corrected chi connectivity index (χ0v) is 18.0. The zero-order valence-electron chi connectivity index (χ0n) is 18.0. The van der Waals surface area contributed by atoms with E-state index in [9.17, 15) is 31.9 Å². The van der Waals surface area contributed by atoms with E-state index in [0.717, 1.165) is 22.9 Å². The molecule has 35 heavy (non-hydrogen) atoms. The topological polar surface area (TPSA) is 93.1 Å². The summed E-state index contributed by atoms with van der Waals surface area (Å²) in [7, 11) is 1.32. The van der Waals surface area contributed by atoms with Gasteiger partial charge in [-0.3, -0.25) is 14.4 Å². The van der Waals surface area contributed by atoms with E-state index in [4.69, 9.17) is 0 Å². The van der Waals surface area contributed by atoms with Crippen LogP contribution in [0, 0.1) is 5.82 Å². The second kappa shape index (κ2) is 9.01. The van der Waals surface area contributed by atoms with Gasteiger partial charge < -0.3 is 10.6 Å². The quantitative estimate of drug-likeness (QED) is 0.414. The molecule has 0 atom stereocenters. The van der Waals surface area contributed by atoms with Crippen molar-refractivity contribution in [2.75, 3.05) is 10.6 Å². The van der Waals surface area contributed by atoms with Crippen molar-refractivity contribution in [2.45, 2.75) is 6.18 Å². The number of fused-ring (bicyclic) bond motifs is 1. The molecule has 0 aliphatic rings. The van der Waals surface area contributed by atoms with Gasteiger partial charge in [0, 0.05) is 23.7 Å². The summed E-state index contributed by atoms with van der Waals surface area (Å²) in [6, 6.07) is 13.4. The maximum absolute atomic E-state index is 13.8. The minimum atomic E-state index is -4.88. The van der Waals surface area contributed by atoms with Crippen molar-refractivity contribution >= 4 is 34.0 Å². The van der Waals surface area contributed by atoms with Crippen LogP contribution >= 0.6 is 0 Å². The number of nitrogens with zero attached hydrogens (tertiary/aromatic N) is 2. The Kier molecular flexibility index (Phi) is 6.08. The van der Waals surface area contributed by atoms with Crippen molar-refractivity contribution in [3.05, 3.63) is 99.7 Å². The lowest BCUT2D eigenvalue weighted by atomic mass is 10.1. The highest BCUT2D eigenvalue weighted by atomic mass is 19.4. The highest BCUT2D eigenvalue weighted by Crippen LogP contribution is 2.37. The van der Waals surface area contributed by atoms with Crippen molar-refractivity contribution in [1.82, 2.24) is 9.78 Å². The summed E-state index contributed by atoms with van der Waals surface area (Å²) < 4.78 is 55.3. The van der Waals surface area contributed by atoms with Crippen molar-refractivity contribution in [3.8, 4) is 0 Å². The van der Waals surface area contributed by atoms with Gasteiger partial charge in [-0.2, -0.15) is 18.3 Å². The van der Waals surface area contributed by atoms with Gasteiger partial charge in [-0.05, 0) is 48.5 Å². The molecule has 0 bridgehead atoms. The fourth-order valence-corrected chi connectivity index (χ4v) is 3.42. The number of nitrogens with one attached hydrogen (secondary N) is 2. The molecule has 1 heterocycles. The number of aromatic nitrogens is 2. The van der Waals surface area contributed by atoms with Crippen LogP contribution in [0.3, 0.4) is 0 Å². The van der Waals surface area contributed by atoms with Crippen LogP contribution in [0.2, 0.25) is 0 Å². The van der Waals surface area contributed by atoms with E-state index in [1.165, 1.54) is 37.4 Å². The van der Waals surface area contributed by atoms with E-state index in [2.05, 4.69) is 15.7 Å². The molecule has 7 nitrogen and oxygen atoms in total. The first-order chi connectivity index (χ1) is 16.5. The second-order valence-electron chi connectivity index (χ2n) is 7.50. The summed E-state index contributed by atoms with van der Waals surface area (Å²) in [6.45, 7) is 0. The van der Waals surface area contributed by atoms with Crippen LogP contribution < -0.4 is 16.2 Å². The third-order valence-electron chi connectivity index (χ3n) is 5.11. The standard InChI is InChI=1S/C24H16F4N4O3/c1-32-23(35)17-5-3-2-4-16(17)20(31-32)22(34)30-19-11-10-15(12-18(19)24(26,27)28)29-21(33)13-6-8-14(25)9-7-13/h2-12H,1H3,(H,29,33)(H,30,34). The predicted octanol–water partition coefficient (Wildman–Crippen LogP) is 4.60. The van der Waals surface area contributed by atoms with Gasteiger partial charge in [0.2, 0.25) is 0 Å². The largest absolute Gasteiger partial charge is 0.418 e. The Labute approximate surface area is 195 Å². The van der Waals surface area contributed by atoms with Crippen LogP contribution in [0.5, 0.6) is 0 Å². The molecule has 0 radical (unpaired) electrons. The predicted molar refractivity (Wildman–Crippen MR) is 121 cm³/mol. The summed E-state index contributed by atoms with van der Waals surface area (Å²) >= 11 is 0. The Hall–Kier alpha value is -4.54. The van der Waals surface area contributed by atoms with Crippen LogP contribution in [0.25, 0.3) is 10.8 Å². The van der Waals surface area contributed by atoms with Gasteiger partial charge in [-0.25, -0.2) is 9.07 Å². The summed E-state index contributed by atoms with van der Waals surface area (Å²) in [5, 5.41) is 8.80. The molecule has 0 unspecified atom stereocenters. The van der Waals surface area contributed by atoms with E-state index < -0.39 is 40.6 Å². The first-order valence-corrected chi connectivity index (χ1v) is 10.1. The van der Waals surface area contributed by atoms with E-state index in [1.54, 1.807) is 12.1 Å². The van der Waals surface area contributed by atoms with Crippen molar-refractivity contribution in [2.24, 2.45) is 7.05 Å². The number of alkyl halides is 3. The maximum atomic E-state index is 13.8. The molecule has 2 amide bonds. The highest BCUT2D eigenvalue weighted by molar-refractivity contribution is 6.11. The first kappa shape index (κ1) is 23.6. The van der Waals surface area contributed by atoms with Gasteiger partial charge >= 0.3 is 6.18 Å². The van der Waals surface area contributed by atoms with E-state index in [0.29, 0.717) is 6.07 Å². The molecular formula is C24H16F4N4O3. The minimum absolute atomic E-state index is 0.0463. The minimum Gasteiger partial charge on any atom is -0.322 e. The van der Waals surface area contributed by atoms with Crippen molar-refractivity contribution in [1.29, 1.82) is 0 Å². The number of anilines is 2. The summed E-state index contributed by atoms with van der Waals surface area (Å²) in [5.74, 6) is -2.26. The SMILES string of the molecule is Cn1nc(C(=O)Nc2ccc(NC(=O)c3ccc(F)cc3)cc2C(F)(F)F)c2ccccc2c1=O. The molecule has 1 aromatic heterocycles. The third kappa shape index (κ3) is 4.88. The Morgan fingerprint density at radius 1 is 0.886 bits per heavy atom. The fraction of sp³-hybridized carbons (Fsp3) is 0.0833. The van der Waals surface area contributed by atoms with E-state index >= 15 is 0 Å². The van der Waals surface area contributed by atoms with Gasteiger partial charge in [0.1, 0.15) is 5.82 Å². The monoisotopic (exact) mass is 484 g/mol. The number of rotatable bonds is 4. The molecule has 4 aromatic rings. The molecule has 11 heteroatoms. The van der Waals surface area contributed by atoms with Crippen LogP contribution in [-0.2, 0) is 13.2 Å². The van der Waals surface area contributed by atoms with Gasteiger partial charge in [0.15, 0.2) is 5.69 Å². The van der Waals surface area contributed by atoms with E-state index in [-0.39, 0.29) is 27.7 Å². The summed E-state index contributed by atoms with van der Waals surface area (Å²) in [5.41, 5.74) is -2.61. The number of carbonyl (C=O) groups is 2. The molecule has 0 spiro atoms. The number of hydrogen-bond donors (Lipinski definition) is 2. The molecule has 0 saturated carbocycles. The molecule has 0 saturated heterocycles. The second-order valence-corrected chi connectivity index (χ2v) is 7.50. The molecule has 178 valence electrons. The lowest BCUT2D eigenvalue weighted by Crippen LogP contribution is -2.26. The third-order valence-corrected chi connectivity index (χ3v) is 5.11. The molecule has 2 N–H and O–H groups in total. The Balaban J connectivity index is 1.67. The van der Waals surface area contributed by atoms with E-state index in [1.807, 2.05) is 0 Å². The highest BCUT2D eigenvalue weighted by Gasteiger charge is 2.35. The lowest BCUT2D eigenvalue weighted by Gasteiger charge is -2.16. The lowest BCUT2D eigenvalue weighted by molar-refractivity contribution is -0.136. The van der Waals surface area contributed by atoms with Crippen molar-refractivity contribution in [3.63, 3.8) is 0 Å².